The van der Waals surface area contributed by atoms with Crippen LogP contribution in [0, 0.1) is 0 Å². The topological polar surface area (TPSA) is 93.8 Å². The first kappa shape index (κ1) is 17.0. The van der Waals surface area contributed by atoms with Crippen LogP contribution < -0.4 is 5.32 Å². The van der Waals surface area contributed by atoms with Crippen LogP contribution in [-0.4, -0.2) is 26.0 Å². The minimum Gasteiger partial charge on any atom is -0.339 e. The molecular weight excluding hydrogens is 362 g/mol. The number of amides is 1. The highest BCUT2D eigenvalue weighted by atomic mass is 32.1. The van der Waals surface area contributed by atoms with Gasteiger partial charge in [0.1, 0.15) is 0 Å². The lowest BCUT2D eigenvalue weighted by Gasteiger charge is -2.04. The third-order valence-electron chi connectivity index (χ3n) is 3.74. The Morgan fingerprint density at radius 3 is 2.59 bits per heavy atom. The first-order valence-electron chi connectivity index (χ1n) is 8.32. The number of carbonyl (C=O) groups excluding carboxylic acids is 1. The summed E-state index contributed by atoms with van der Waals surface area (Å²) in [6.07, 6.45) is 3.78. The minimum absolute atomic E-state index is 0.165. The van der Waals surface area contributed by atoms with Gasteiger partial charge in [0.05, 0.1) is 23.0 Å². The molecule has 0 aliphatic heterocycles. The molecule has 4 rings (SSSR count). The highest BCUT2D eigenvalue weighted by Gasteiger charge is 2.12. The van der Waals surface area contributed by atoms with Crippen molar-refractivity contribution in [1.82, 2.24) is 20.1 Å². The monoisotopic (exact) mass is 377 g/mol. The van der Waals surface area contributed by atoms with Crippen LogP contribution in [-0.2, 0) is 11.2 Å². The van der Waals surface area contributed by atoms with Crippen molar-refractivity contribution in [1.29, 1.82) is 0 Å². The van der Waals surface area contributed by atoms with Crippen molar-refractivity contribution in [2.24, 2.45) is 0 Å². The van der Waals surface area contributed by atoms with Gasteiger partial charge in [0.25, 0.3) is 0 Å². The molecule has 0 saturated heterocycles. The summed E-state index contributed by atoms with van der Waals surface area (Å²) in [5.41, 5.74) is 1.47. The van der Waals surface area contributed by atoms with Gasteiger partial charge in [-0.05, 0) is 11.4 Å². The van der Waals surface area contributed by atoms with Crippen LogP contribution in [0.4, 0.5) is 5.69 Å². The molecule has 0 bridgehead atoms. The average Bonchev–Trinajstić information content (AvgIpc) is 3.39. The Morgan fingerprint density at radius 2 is 1.85 bits per heavy atom. The van der Waals surface area contributed by atoms with E-state index in [4.69, 9.17) is 4.52 Å². The molecule has 0 aliphatic carbocycles. The molecule has 0 aliphatic rings. The molecule has 27 heavy (non-hydrogen) atoms. The maximum Gasteiger partial charge on any atom is 0.227 e. The number of nitrogens with one attached hydrogen (secondary N) is 1. The number of benzene rings is 1. The standard InChI is InChI=1S/C19H15N5O2S/c25-16(8-9-17-23-19(24-26-17)15-7-4-10-27-15)22-14-11-20-18(21-12-14)13-5-2-1-3-6-13/h1-7,10-12H,8-9H2,(H,22,25). The van der Waals surface area contributed by atoms with Gasteiger partial charge < -0.3 is 9.84 Å². The molecule has 3 heterocycles. The smallest absolute Gasteiger partial charge is 0.227 e. The number of aryl methyl sites for hydroxylation is 1. The van der Waals surface area contributed by atoms with Crippen molar-refractivity contribution < 1.29 is 9.32 Å². The zero-order valence-corrected chi connectivity index (χ0v) is 15.0. The Bertz CT molecular complexity index is 1010. The fourth-order valence-electron chi connectivity index (χ4n) is 2.44. The first-order valence-corrected chi connectivity index (χ1v) is 9.20. The van der Waals surface area contributed by atoms with Gasteiger partial charge in [0, 0.05) is 18.4 Å². The van der Waals surface area contributed by atoms with Crippen LogP contribution in [0.2, 0.25) is 0 Å². The van der Waals surface area contributed by atoms with Crippen molar-refractivity contribution in [2.45, 2.75) is 12.8 Å². The molecule has 134 valence electrons. The van der Waals surface area contributed by atoms with E-state index >= 15 is 0 Å². The quantitative estimate of drug-likeness (QED) is 0.549. The van der Waals surface area contributed by atoms with Crippen LogP contribution in [0.15, 0.2) is 64.8 Å². The molecule has 0 unspecified atom stereocenters. The third-order valence-corrected chi connectivity index (χ3v) is 4.61. The van der Waals surface area contributed by atoms with E-state index in [9.17, 15) is 4.79 Å². The Kier molecular flexibility index (Phi) is 4.97. The Morgan fingerprint density at radius 1 is 1.04 bits per heavy atom. The van der Waals surface area contributed by atoms with Crippen LogP contribution in [0.3, 0.4) is 0 Å². The summed E-state index contributed by atoms with van der Waals surface area (Å²) in [5, 5.41) is 8.65. The molecule has 4 aromatic rings. The van der Waals surface area contributed by atoms with Crippen molar-refractivity contribution in [3.8, 4) is 22.1 Å². The number of aromatic nitrogens is 4. The van der Waals surface area contributed by atoms with Crippen molar-refractivity contribution in [2.75, 3.05) is 5.32 Å². The minimum atomic E-state index is -0.165. The van der Waals surface area contributed by atoms with Gasteiger partial charge in [-0.25, -0.2) is 9.97 Å². The molecule has 1 amide bonds. The van der Waals surface area contributed by atoms with Crippen LogP contribution >= 0.6 is 11.3 Å². The van der Waals surface area contributed by atoms with E-state index in [2.05, 4.69) is 25.4 Å². The summed E-state index contributed by atoms with van der Waals surface area (Å²) in [6, 6.07) is 13.5. The molecule has 0 fully saturated rings. The predicted octanol–water partition coefficient (Wildman–Crippen LogP) is 3.83. The summed E-state index contributed by atoms with van der Waals surface area (Å²) >= 11 is 1.54. The molecule has 3 aromatic heterocycles. The van der Waals surface area contributed by atoms with E-state index in [1.54, 1.807) is 12.4 Å². The number of rotatable bonds is 6. The zero-order valence-electron chi connectivity index (χ0n) is 14.2. The number of thiophene rings is 1. The Labute approximate surface area is 159 Å². The Hall–Kier alpha value is -3.39. The van der Waals surface area contributed by atoms with Crippen molar-refractivity contribution in [3.05, 3.63) is 66.1 Å². The summed E-state index contributed by atoms with van der Waals surface area (Å²) in [5.74, 6) is 1.43. The SMILES string of the molecule is O=C(CCc1nc(-c2cccs2)no1)Nc1cnc(-c2ccccc2)nc1. The first-order chi connectivity index (χ1) is 13.3. The second-order valence-electron chi connectivity index (χ2n) is 5.70. The van der Waals surface area contributed by atoms with Crippen molar-refractivity contribution in [3.63, 3.8) is 0 Å². The zero-order chi connectivity index (χ0) is 18.5. The van der Waals surface area contributed by atoms with Gasteiger partial charge in [-0.15, -0.1) is 11.3 Å². The number of nitrogens with zero attached hydrogens (tertiary/aromatic N) is 4. The van der Waals surface area contributed by atoms with E-state index in [0.717, 1.165) is 10.4 Å². The lowest BCUT2D eigenvalue weighted by atomic mass is 10.2. The number of hydrogen-bond acceptors (Lipinski definition) is 7. The van der Waals surface area contributed by atoms with E-state index in [1.165, 1.54) is 11.3 Å². The summed E-state index contributed by atoms with van der Waals surface area (Å²) in [7, 11) is 0. The predicted molar refractivity (Wildman–Crippen MR) is 102 cm³/mol. The van der Waals surface area contributed by atoms with E-state index in [-0.39, 0.29) is 12.3 Å². The molecule has 8 heteroatoms. The summed E-state index contributed by atoms with van der Waals surface area (Å²) < 4.78 is 5.19. The third kappa shape index (κ3) is 4.24. The average molecular weight is 377 g/mol. The van der Waals surface area contributed by atoms with E-state index in [1.807, 2.05) is 47.8 Å². The van der Waals surface area contributed by atoms with Crippen LogP contribution in [0.25, 0.3) is 22.1 Å². The van der Waals surface area contributed by atoms with Crippen molar-refractivity contribution >= 4 is 22.9 Å². The summed E-state index contributed by atoms with van der Waals surface area (Å²) in [6.45, 7) is 0. The van der Waals surface area contributed by atoms with Crippen LogP contribution in [0.1, 0.15) is 12.3 Å². The highest BCUT2D eigenvalue weighted by molar-refractivity contribution is 7.13. The molecular formula is C19H15N5O2S. The number of hydrogen-bond donors (Lipinski definition) is 1. The maximum atomic E-state index is 12.1. The molecule has 0 saturated carbocycles. The largest absolute Gasteiger partial charge is 0.339 e. The fourth-order valence-corrected chi connectivity index (χ4v) is 3.08. The maximum absolute atomic E-state index is 12.1. The lowest BCUT2D eigenvalue weighted by Crippen LogP contribution is -2.13. The Balaban J connectivity index is 1.32. The van der Waals surface area contributed by atoms with Gasteiger partial charge in [-0.1, -0.05) is 41.6 Å². The molecule has 0 spiro atoms. The molecule has 1 aromatic carbocycles. The van der Waals surface area contributed by atoms with Gasteiger partial charge in [0.2, 0.25) is 17.6 Å². The van der Waals surface area contributed by atoms with Gasteiger partial charge in [0.15, 0.2) is 5.82 Å². The molecule has 0 atom stereocenters. The van der Waals surface area contributed by atoms with Gasteiger partial charge >= 0.3 is 0 Å². The molecule has 1 N–H and O–H groups in total. The van der Waals surface area contributed by atoms with Gasteiger partial charge in [-0.2, -0.15) is 4.98 Å². The lowest BCUT2D eigenvalue weighted by molar-refractivity contribution is -0.116. The number of anilines is 1. The highest BCUT2D eigenvalue weighted by Crippen LogP contribution is 2.21. The fraction of sp³-hybridized carbons (Fsp3) is 0.105. The van der Waals surface area contributed by atoms with Crippen LogP contribution in [0.5, 0.6) is 0 Å². The second kappa shape index (κ2) is 7.88. The molecule has 7 nitrogen and oxygen atoms in total. The number of carbonyl (C=O) groups is 1. The van der Waals surface area contributed by atoms with E-state index in [0.29, 0.717) is 29.6 Å². The summed E-state index contributed by atoms with van der Waals surface area (Å²) in [4.78, 5) is 25.9. The second-order valence-corrected chi connectivity index (χ2v) is 6.65. The van der Waals surface area contributed by atoms with Gasteiger partial charge in [-0.3, -0.25) is 4.79 Å². The molecule has 0 radical (unpaired) electrons. The van der Waals surface area contributed by atoms with E-state index < -0.39 is 0 Å². The normalized spacial score (nSPS) is 10.7.